The Morgan fingerprint density at radius 2 is 1.62 bits per heavy atom. The van der Waals surface area contributed by atoms with E-state index < -0.39 is 40.7 Å². The van der Waals surface area contributed by atoms with Gasteiger partial charge in [0.1, 0.15) is 17.3 Å². The Labute approximate surface area is 402 Å². The van der Waals surface area contributed by atoms with Crippen molar-refractivity contribution in [1.82, 2.24) is 34.9 Å². The topological polar surface area (TPSA) is 176 Å². The highest BCUT2D eigenvalue weighted by Gasteiger charge is 2.72. The third-order valence-electron chi connectivity index (χ3n) is 16.3. The van der Waals surface area contributed by atoms with Gasteiger partial charge in [0.25, 0.3) is 5.91 Å². The van der Waals surface area contributed by atoms with Crippen LogP contribution in [-0.4, -0.2) is 111 Å². The predicted octanol–water partition coefficient (Wildman–Crippen LogP) is 5.31. The molecule has 358 valence electrons. The summed E-state index contributed by atoms with van der Waals surface area (Å²) >= 11 is 12.9. The van der Waals surface area contributed by atoms with Crippen molar-refractivity contribution in [3.05, 3.63) is 97.6 Å². The molecule has 5 aliphatic heterocycles. The van der Waals surface area contributed by atoms with E-state index in [1.54, 1.807) is 54.4 Å². The third kappa shape index (κ3) is 7.39. The molecular weight excluding hydrogens is 915 g/mol. The molecule has 4 atom stereocenters. The lowest BCUT2D eigenvalue weighted by molar-refractivity contribution is -0.136. The van der Waals surface area contributed by atoms with Crippen LogP contribution in [-0.2, 0) is 36.4 Å². The van der Waals surface area contributed by atoms with Crippen LogP contribution >= 0.6 is 23.2 Å². The first-order chi connectivity index (χ1) is 32.7. The van der Waals surface area contributed by atoms with E-state index in [2.05, 4.69) is 26.2 Å². The summed E-state index contributed by atoms with van der Waals surface area (Å²) in [5.74, 6) is -2.52. The van der Waals surface area contributed by atoms with E-state index in [-0.39, 0.29) is 71.0 Å². The number of rotatable bonds is 9. The number of nitrogens with zero attached hydrogens (tertiary/aromatic N) is 4. The lowest BCUT2D eigenvalue weighted by Gasteiger charge is -2.47. The molecule has 7 aliphatic rings. The van der Waals surface area contributed by atoms with Gasteiger partial charge in [-0.3, -0.25) is 48.6 Å². The molecule has 4 N–H and O–H groups in total. The largest absolute Gasteiger partial charge is 0.369 e. The smallest absolute Gasteiger partial charge is 0.329 e. The number of anilines is 1. The van der Waals surface area contributed by atoms with Crippen molar-refractivity contribution >= 4 is 69.5 Å². The van der Waals surface area contributed by atoms with Crippen molar-refractivity contribution in [3.63, 3.8) is 0 Å². The number of imide groups is 1. The van der Waals surface area contributed by atoms with Crippen LogP contribution < -0.4 is 27.0 Å². The highest BCUT2D eigenvalue weighted by atomic mass is 35.5. The highest BCUT2D eigenvalue weighted by Crippen LogP contribution is 2.63. The van der Waals surface area contributed by atoms with Crippen LogP contribution in [0.4, 0.5) is 10.1 Å². The van der Waals surface area contributed by atoms with Gasteiger partial charge in [-0.1, -0.05) is 60.7 Å². The summed E-state index contributed by atoms with van der Waals surface area (Å²) in [7, 11) is 1.61. The molecule has 2 saturated carbocycles. The van der Waals surface area contributed by atoms with Crippen LogP contribution in [0.3, 0.4) is 0 Å². The van der Waals surface area contributed by atoms with Gasteiger partial charge in [0, 0.05) is 80.0 Å². The predicted molar refractivity (Wildman–Crippen MR) is 252 cm³/mol. The normalized spacial score (nSPS) is 28.4. The molecule has 6 fully saturated rings. The summed E-state index contributed by atoms with van der Waals surface area (Å²) in [6.45, 7) is 3.52. The fourth-order valence-electron chi connectivity index (χ4n) is 13.0. The SMILES string of the molecule is Cn1c(=O)n(C2CCC(=O)NC2=O)c2ccc(C(=O)N3CC(OC4CN(CC5CCC(NC(=O)[C@@H]6NC7(CCCCC7)[C@@]7(C(=O)Nc8cc(Cl)ccc87)[C@H]6c6cccc(Cl)c6F)CC5)C4)C3)cc21. The van der Waals surface area contributed by atoms with Crippen LogP contribution in [0.15, 0.2) is 59.4 Å². The molecule has 0 bridgehead atoms. The number of aromatic nitrogens is 2. The van der Waals surface area contributed by atoms with Gasteiger partial charge in [-0.2, -0.15) is 0 Å². The number of ether oxygens (including phenoxy) is 1. The molecule has 1 unspecified atom stereocenters. The summed E-state index contributed by atoms with van der Waals surface area (Å²) in [5.41, 5.74) is 0.629. The Morgan fingerprint density at radius 3 is 2.37 bits per heavy atom. The second kappa shape index (κ2) is 17.4. The average Bonchev–Trinajstić information content (AvgIpc) is 3.85. The van der Waals surface area contributed by atoms with E-state index in [0.717, 1.165) is 70.1 Å². The summed E-state index contributed by atoms with van der Waals surface area (Å²) in [4.78, 5) is 84.5. The number of carbonyl (C=O) groups is 5. The van der Waals surface area contributed by atoms with Crippen molar-refractivity contribution in [1.29, 1.82) is 0 Å². The van der Waals surface area contributed by atoms with E-state index in [1.165, 1.54) is 15.2 Å². The maximum Gasteiger partial charge on any atom is 0.329 e. The van der Waals surface area contributed by atoms with Gasteiger partial charge in [-0.05, 0) is 98.4 Å². The molecule has 2 spiro atoms. The van der Waals surface area contributed by atoms with Crippen molar-refractivity contribution in [2.45, 2.75) is 118 Å². The summed E-state index contributed by atoms with van der Waals surface area (Å²) in [6.07, 6.45) is 8.00. The zero-order chi connectivity index (χ0) is 47.2. The van der Waals surface area contributed by atoms with Crippen molar-refractivity contribution in [2.24, 2.45) is 13.0 Å². The first-order valence-electron chi connectivity index (χ1n) is 24.1. The molecule has 2 aliphatic carbocycles. The van der Waals surface area contributed by atoms with E-state index in [4.69, 9.17) is 27.9 Å². The summed E-state index contributed by atoms with van der Waals surface area (Å²) in [6, 6.07) is 13.5. The molecule has 4 aromatic rings. The van der Waals surface area contributed by atoms with E-state index in [1.807, 2.05) is 6.07 Å². The number of carbonyl (C=O) groups excluding carboxylic acids is 5. The molecule has 6 heterocycles. The van der Waals surface area contributed by atoms with Gasteiger partial charge in [0.15, 0.2) is 0 Å². The first kappa shape index (κ1) is 45.3. The van der Waals surface area contributed by atoms with Gasteiger partial charge in [0.05, 0.1) is 34.3 Å². The number of likely N-dealkylation sites (tertiary alicyclic amines) is 2. The van der Waals surface area contributed by atoms with Crippen LogP contribution in [0.2, 0.25) is 10.0 Å². The van der Waals surface area contributed by atoms with Gasteiger partial charge < -0.3 is 20.3 Å². The van der Waals surface area contributed by atoms with Gasteiger partial charge in [-0.25, -0.2) is 9.18 Å². The Bertz CT molecular complexity index is 2810. The van der Waals surface area contributed by atoms with Crippen LogP contribution in [0.1, 0.15) is 104 Å². The fraction of sp³-hybridized carbons (Fsp3) is 0.520. The maximum atomic E-state index is 16.3. The molecule has 15 nitrogen and oxygen atoms in total. The Kier molecular flexibility index (Phi) is 11.6. The average molecular weight is 970 g/mol. The van der Waals surface area contributed by atoms with E-state index >= 15 is 4.39 Å². The lowest BCUT2D eigenvalue weighted by Crippen LogP contribution is -2.61. The minimum Gasteiger partial charge on any atom is -0.369 e. The molecule has 18 heteroatoms. The quantitative estimate of drug-likeness (QED) is 0.162. The molecular formula is C50H55Cl2FN8O7. The number of imidazole rings is 1. The molecule has 68 heavy (non-hydrogen) atoms. The molecule has 11 rings (SSSR count). The third-order valence-corrected chi connectivity index (χ3v) is 16.8. The molecule has 4 saturated heterocycles. The Hall–Kier alpha value is -5.13. The number of halogens is 3. The minimum atomic E-state index is -1.27. The lowest BCUT2D eigenvalue weighted by atomic mass is 9.55. The van der Waals surface area contributed by atoms with Crippen molar-refractivity contribution in [2.75, 3.05) is 38.0 Å². The Morgan fingerprint density at radius 1 is 0.868 bits per heavy atom. The monoisotopic (exact) mass is 968 g/mol. The number of piperidine rings is 1. The first-order valence-corrected chi connectivity index (χ1v) is 24.9. The van der Waals surface area contributed by atoms with Gasteiger partial charge in [-0.15, -0.1) is 0 Å². The Balaban J connectivity index is 0.681. The number of hydrogen-bond acceptors (Lipinski definition) is 9. The molecule has 5 amide bonds. The highest BCUT2D eigenvalue weighted by molar-refractivity contribution is 6.31. The van der Waals surface area contributed by atoms with Crippen molar-refractivity contribution in [3.8, 4) is 0 Å². The van der Waals surface area contributed by atoms with Crippen LogP contribution in [0.5, 0.6) is 0 Å². The second-order valence-electron chi connectivity index (χ2n) is 20.3. The summed E-state index contributed by atoms with van der Waals surface area (Å²) in [5, 5.41) is 12.9. The molecule has 0 radical (unpaired) electrons. The maximum absolute atomic E-state index is 16.3. The minimum absolute atomic E-state index is 0.0540. The van der Waals surface area contributed by atoms with E-state index in [9.17, 15) is 28.8 Å². The standard InChI is InChI=1S/C50H55Cl2FN8O7/c1-58-39-20-28(10-15-37(39)61(48(58)67)38-16-17-40(62)56-44(38)63)46(65)60-25-32(26-60)68-31-23-59(24-31)22-27-8-12-30(13-9-27)54-45(64)43-41(33-6-5-7-35(52)42(33)53)50(49(57-43)18-3-2-4-19-49)34-14-11-29(51)21-36(34)55-47(50)66/h5-7,10-11,14-15,20-21,27,30-32,38,41,43,57H,2-4,8-9,12-13,16-19,22-26H2,1H3,(H,54,64)(H,55,66)(H,56,62,63)/t27?,30?,38?,41-,43+,50+/m0/s1. The van der Waals surface area contributed by atoms with Crippen LogP contribution in [0, 0.1) is 11.7 Å². The number of nitrogens with one attached hydrogen (secondary N) is 4. The fourth-order valence-corrected chi connectivity index (χ4v) is 13.3. The zero-order valence-electron chi connectivity index (χ0n) is 37.8. The van der Waals surface area contributed by atoms with Crippen LogP contribution in [0.25, 0.3) is 11.0 Å². The second-order valence-corrected chi connectivity index (χ2v) is 21.1. The summed E-state index contributed by atoms with van der Waals surface area (Å²) < 4.78 is 25.5. The van der Waals surface area contributed by atoms with Gasteiger partial charge >= 0.3 is 5.69 Å². The molecule has 1 aromatic heterocycles. The zero-order valence-corrected chi connectivity index (χ0v) is 39.3. The van der Waals surface area contributed by atoms with E-state index in [0.29, 0.717) is 59.2 Å². The van der Waals surface area contributed by atoms with Gasteiger partial charge in [0.2, 0.25) is 23.6 Å². The van der Waals surface area contributed by atoms with Crippen molar-refractivity contribution < 1.29 is 33.1 Å². The number of aryl methyl sites for hydroxylation is 1. The number of amides is 5. The number of hydrogen-bond donors (Lipinski definition) is 4. The number of benzene rings is 3. The number of fused-ring (bicyclic) bond motifs is 4. The molecule has 3 aromatic carbocycles.